The van der Waals surface area contributed by atoms with E-state index < -0.39 is 16.1 Å². The Morgan fingerprint density at radius 2 is 1.90 bits per heavy atom. The van der Waals surface area contributed by atoms with Crippen molar-refractivity contribution in [1.29, 1.82) is 0 Å². The molecule has 0 bridgehead atoms. The first-order valence-corrected chi connectivity index (χ1v) is 9.84. The molecule has 1 aliphatic heterocycles. The molecule has 1 amide bonds. The SMILES string of the molecule is CC(C)CCCC(C)NC(=O)C1CCCCN1S(C)(=O)=O. The van der Waals surface area contributed by atoms with Gasteiger partial charge in [-0.05, 0) is 32.1 Å². The molecule has 0 aromatic rings. The highest BCUT2D eigenvalue weighted by atomic mass is 32.2. The zero-order chi connectivity index (χ0) is 16.0. The lowest BCUT2D eigenvalue weighted by Gasteiger charge is -2.33. The zero-order valence-electron chi connectivity index (χ0n) is 13.8. The minimum atomic E-state index is -3.31. The molecule has 1 heterocycles. The lowest BCUT2D eigenvalue weighted by Crippen LogP contribution is -2.53. The molecule has 21 heavy (non-hydrogen) atoms. The van der Waals surface area contributed by atoms with E-state index in [1.165, 1.54) is 10.6 Å². The maximum atomic E-state index is 12.3. The number of hydrogen-bond acceptors (Lipinski definition) is 3. The zero-order valence-corrected chi connectivity index (χ0v) is 14.6. The second-order valence-corrected chi connectivity index (χ2v) is 8.55. The highest BCUT2D eigenvalue weighted by molar-refractivity contribution is 7.88. The number of sulfonamides is 1. The number of nitrogens with zero attached hydrogens (tertiary/aromatic N) is 1. The van der Waals surface area contributed by atoms with Gasteiger partial charge in [0.2, 0.25) is 15.9 Å². The van der Waals surface area contributed by atoms with Crippen molar-refractivity contribution in [3.05, 3.63) is 0 Å². The molecular weight excluding hydrogens is 288 g/mol. The number of carbonyl (C=O) groups is 1. The van der Waals surface area contributed by atoms with Gasteiger partial charge in [0, 0.05) is 12.6 Å². The van der Waals surface area contributed by atoms with Gasteiger partial charge in [0.15, 0.2) is 0 Å². The number of hydrogen-bond donors (Lipinski definition) is 1. The fourth-order valence-corrected chi connectivity index (χ4v) is 3.93. The molecule has 124 valence electrons. The molecule has 1 aliphatic rings. The first kappa shape index (κ1) is 18.4. The van der Waals surface area contributed by atoms with Crippen LogP contribution >= 0.6 is 0 Å². The van der Waals surface area contributed by atoms with Crippen LogP contribution in [-0.2, 0) is 14.8 Å². The molecule has 2 unspecified atom stereocenters. The lowest BCUT2D eigenvalue weighted by atomic mass is 10.0. The summed E-state index contributed by atoms with van der Waals surface area (Å²) in [4.78, 5) is 12.3. The van der Waals surface area contributed by atoms with Crippen molar-refractivity contribution in [3.63, 3.8) is 0 Å². The van der Waals surface area contributed by atoms with Crippen molar-refractivity contribution in [1.82, 2.24) is 9.62 Å². The Morgan fingerprint density at radius 1 is 1.24 bits per heavy atom. The first-order chi connectivity index (χ1) is 9.71. The number of rotatable bonds is 7. The van der Waals surface area contributed by atoms with Crippen LogP contribution in [-0.4, -0.2) is 43.5 Å². The topological polar surface area (TPSA) is 66.5 Å². The van der Waals surface area contributed by atoms with Crippen LogP contribution in [0.4, 0.5) is 0 Å². The number of carbonyl (C=O) groups excluding carboxylic acids is 1. The van der Waals surface area contributed by atoms with Crippen molar-refractivity contribution >= 4 is 15.9 Å². The standard InChI is InChI=1S/C15H30N2O3S/c1-12(2)8-7-9-13(3)16-15(18)14-10-5-6-11-17(14)21(4,19)20/h12-14H,5-11H2,1-4H3,(H,16,18). The van der Waals surface area contributed by atoms with E-state index in [-0.39, 0.29) is 11.9 Å². The third-order valence-corrected chi connectivity index (χ3v) is 5.28. The van der Waals surface area contributed by atoms with E-state index in [2.05, 4.69) is 19.2 Å². The van der Waals surface area contributed by atoms with Gasteiger partial charge in [-0.15, -0.1) is 0 Å². The molecule has 0 aromatic carbocycles. The Kier molecular flexibility index (Phi) is 7.13. The van der Waals surface area contributed by atoms with E-state index >= 15 is 0 Å². The van der Waals surface area contributed by atoms with Crippen molar-refractivity contribution < 1.29 is 13.2 Å². The summed E-state index contributed by atoms with van der Waals surface area (Å²) < 4.78 is 24.9. The minimum absolute atomic E-state index is 0.0968. The average molecular weight is 318 g/mol. The molecular formula is C15H30N2O3S. The molecule has 1 fully saturated rings. The van der Waals surface area contributed by atoms with E-state index in [0.717, 1.165) is 32.1 Å². The quantitative estimate of drug-likeness (QED) is 0.782. The van der Waals surface area contributed by atoms with Crippen LogP contribution in [0.25, 0.3) is 0 Å². The van der Waals surface area contributed by atoms with Gasteiger partial charge in [0.05, 0.1) is 6.26 Å². The Bertz CT molecular complexity index is 434. The summed E-state index contributed by atoms with van der Waals surface area (Å²) in [6.45, 7) is 6.83. The van der Waals surface area contributed by atoms with Crippen LogP contribution in [0.15, 0.2) is 0 Å². The molecule has 0 radical (unpaired) electrons. The summed E-state index contributed by atoms with van der Waals surface area (Å²) in [5.74, 6) is 0.532. The van der Waals surface area contributed by atoms with Crippen LogP contribution in [0.2, 0.25) is 0 Å². The Balaban J connectivity index is 2.52. The first-order valence-electron chi connectivity index (χ1n) is 7.99. The van der Waals surface area contributed by atoms with Gasteiger partial charge in [0.25, 0.3) is 0 Å². The van der Waals surface area contributed by atoms with Crippen molar-refractivity contribution in [3.8, 4) is 0 Å². The molecule has 5 nitrogen and oxygen atoms in total. The summed E-state index contributed by atoms with van der Waals surface area (Å²) in [5.41, 5.74) is 0. The van der Waals surface area contributed by atoms with E-state index in [9.17, 15) is 13.2 Å². The summed E-state index contributed by atoms with van der Waals surface area (Å²) >= 11 is 0. The fraction of sp³-hybridized carbons (Fsp3) is 0.933. The molecule has 1 rings (SSSR count). The molecule has 6 heteroatoms. The van der Waals surface area contributed by atoms with Gasteiger partial charge in [-0.1, -0.05) is 33.1 Å². The minimum Gasteiger partial charge on any atom is -0.352 e. The van der Waals surface area contributed by atoms with Gasteiger partial charge in [-0.3, -0.25) is 4.79 Å². The maximum absolute atomic E-state index is 12.3. The van der Waals surface area contributed by atoms with Crippen molar-refractivity contribution in [2.45, 2.75) is 71.4 Å². The predicted octanol–water partition coefficient (Wildman–Crippen LogP) is 2.13. The van der Waals surface area contributed by atoms with E-state index in [4.69, 9.17) is 0 Å². The van der Waals surface area contributed by atoms with Gasteiger partial charge >= 0.3 is 0 Å². The number of nitrogens with one attached hydrogen (secondary N) is 1. The van der Waals surface area contributed by atoms with E-state index in [1.54, 1.807) is 0 Å². The average Bonchev–Trinajstić information content (AvgIpc) is 2.37. The van der Waals surface area contributed by atoms with Gasteiger partial charge in [-0.2, -0.15) is 4.31 Å². The molecule has 0 saturated carbocycles. The smallest absolute Gasteiger partial charge is 0.238 e. The highest BCUT2D eigenvalue weighted by Crippen LogP contribution is 2.20. The Labute approximate surface area is 129 Å². The summed E-state index contributed by atoms with van der Waals surface area (Å²) in [6, 6.07) is -0.430. The van der Waals surface area contributed by atoms with Crippen LogP contribution < -0.4 is 5.32 Å². The molecule has 1 N–H and O–H groups in total. The maximum Gasteiger partial charge on any atom is 0.238 e. The molecule has 0 spiro atoms. The fourth-order valence-electron chi connectivity index (χ4n) is 2.81. The van der Waals surface area contributed by atoms with Gasteiger partial charge < -0.3 is 5.32 Å². The summed E-state index contributed by atoms with van der Waals surface area (Å²) in [6.07, 6.45) is 6.73. The van der Waals surface area contributed by atoms with Gasteiger partial charge in [0.1, 0.15) is 6.04 Å². The highest BCUT2D eigenvalue weighted by Gasteiger charge is 2.34. The van der Waals surface area contributed by atoms with Gasteiger partial charge in [-0.25, -0.2) is 8.42 Å². The Morgan fingerprint density at radius 3 is 2.48 bits per heavy atom. The number of piperidine rings is 1. The Hall–Kier alpha value is -0.620. The van der Waals surface area contributed by atoms with Crippen LogP contribution in [0.5, 0.6) is 0 Å². The molecule has 2 atom stereocenters. The number of amides is 1. The van der Waals surface area contributed by atoms with E-state index in [0.29, 0.717) is 18.9 Å². The van der Waals surface area contributed by atoms with Crippen molar-refractivity contribution in [2.75, 3.05) is 12.8 Å². The van der Waals surface area contributed by atoms with Crippen molar-refractivity contribution in [2.24, 2.45) is 5.92 Å². The lowest BCUT2D eigenvalue weighted by molar-refractivity contribution is -0.126. The summed E-state index contributed by atoms with van der Waals surface area (Å²) in [7, 11) is -3.31. The monoisotopic (exact) mass is 318 g/mol. The second-order valence-electron chi connectivity index (χ2n) is 6.62. The third kappa shape index (κ3) is 6.34. The normalized spacial score (nSPS) is 22.2. The van der Waals surface area contributed by atoms with E-state index in [1.807, 2.05) is 6.92 Å². The van der Waals surface area contributed by atoms with Crippen LogP contribution in [0.3, 0.4) is 0 Å². The molecule has 0 aromatic heterocycles. The molecule has 0 aliphatic carbocycles. The molecule has 1 saturated heterocycles. The third-order valence-electron chi connectivity index (χ3n) is 3.99. The predicted molar refractivity (Wildman–Crippen MR) is 85.5 cm³/mol. The van der Waals surface area contributed by atoms with Crippen LogP contribution in [0, 0.1) is 5.92 Å². The summed E-state index contributed by atoms with van der Waals surface area (Å²) in [5, 5.41) is 2.98. The largest absolute Gasteiger partial charge is 0.352 e. The van der Waals surface area contributed by atoms with Crippen LogP contribution in [0.1, 0.15) is 59.3 Å². The second kappa shape index (κ2) is 8.13.